The standard InChI is InChI=1S/C23H29N3O3S/c1-14-10-15(2)25-20(27)18(14)11-24-21(28)19-12-30-13-26(19)22(29)16-6-8-17(9-7-16)23(3,4)5/h6-10,19H,11-13H2,1-5H3,(H,24,28)(H,25,27). The van der Waals surface area contributed by atoms with Crippen LogP contribution in [0, 0.1) is 13.8 Å². The second kappa shape index (κ2) is 8.68. The summed E-state index contributed by atoms with van der Waals surface area (Å²) in [5, 5.41) is 2.84. The summed E-state index contributed by atoms with van der Waals surface area (Å²) in [5.74, 6) is 0.632. The Bertz CT molecular complexity index is 1010. The zero-order valence-corrected chi connectivity index (χ0v) is 19.0. The van der Waals surface area contributed by atoms with E-state index in [-0.39, 0.29) is 29.3 Å². The van der Waals surface area contributed by atoms with Crippen LogP contribution in [-0.4, -0.2) is 39.4 Å². The van der Waals surface area contributed by atoms with Crippen molar-refractivity contribution in [1.82, 2.24) is 15.2 Å². The van der Waals surface area contributed by atoms with Gasteiger partial charge in [0, 0.05) is 29.1 Å². The Kier molecular flexibility index (Phi) is 6.41. The molecule has 0 saturated carbocycles. The number of aromatic amines is 1. The number of benzene rings is 1. The summed E-state index contributed by atoms with van der Waals surface area (Å²) in [6, 6.07) is 8.93. The maximum atomic E-state index is 13.0. The summed E-state index contributed by atoms with van der Waals surface area (Å²) in [6.45, 7) is 10.2. The summed E-state index contributed by atoms with van der Waals surface area (Å²) in [6.07, 6.45) is 0. The number of carbonyl (C=O) groups excluding carboxylic acids is 2. The van der Waals surface area contributed by atoms with E-state index in [1.807, 2.05) is 44.2 Å². The third kappa shape index (κ3) is 4.78. The molecule has 3 rings (SSSR count). The normalized spacial score (nSPS) is 16.6. The number of rotatable bonds is 4. The molecule has 0 aliphatic carbocycles. The van der Waals surface area contributed by atoms with Crippen LogP contribution in [0.2, 0.25) is 0 Å². The molecule has 7 heteroatoms. The van der Waals surface area contributed by atoms with Gasteiger partial charge in [0.25, 0.3) is 11.5 Å². The van der Waals surface area contributed by atoms with Gasteiger partial charge in [-0.05, 0) is 48.6 Å². The topological polar surface area (TPSA) is 82.3 Å². The molecule has 2 amide bonds. The molecule has 1 atom stereocenters. The highest BCUT2D eigenvalue weighted by Crippen LogP contribution is 2.26. The lowest BCUT2D eigenvalue weighted by Gasteiger charge is -2.24. The Labute approximate surface area is 181 Å². The SMILES string of the molecule is Cc1cc(C)c(CNC(=O)C2CSCN2C(=O)c2ccc(C(C)(C)C)cc2)c(=O)[nH]1. The van der Waals surface area contributed by atoms with Crippen molar-refractivity contribution < 1.29 is 9.59 Å². The minimum absolute atomic E-state index is 0.0133. The van der Waals surface area contributed by atoms with E-state index in [4.69, 9.17) is 0 Å². The van der Waals surface area contributed by atoms with Crippen LogP contribution in [0.15, 0.2) is 35.1 Å². The Hall–Kier alpha value is -2.54. The van der Waals surface area contributed by atoms with Crippen molar-refractivity contribution in [2.75, 3.05) is 11.6 Å². The zero-order valence-electron chi connectivity index (χ0n) is 18.2. The predicted octanol–water partition coefficient (Wildman–Crippen LogP) is 3.12. The average molecular weight is 428 g/mol. The van der Waals surface area contributed by atoms with Gasteiger partial charge < -0.3 is 15.2 Å². The molecule has 1 aromatic carbocycles. The molecule has 1 unspecified atom stereocenters. The number of hydrogen-bond donors (Lipinski definition) is 2. The highest BCUT2D eigenvalue weighted by atomic mass is 32.2. The fourth-order valence-corrected chi connectivity index (χ4v) is 4.69. The minimum atomic E-state index is -0.547. The van der Waals surface area contributed by atoms with E-state index >= 15 is 0 Å². The van der Waals surface area contributed by atoms with E-state index in [0.29, 0.717) is 22.8 Å². The maximum Gasteiger partial charge on any atom is 0.255 e. The lowest BCUT2D eigenvalue weighted by atomic mass is 9.86. The third-order valence-corrected chi connectivity index (χ3v) is 6.39. The number of thioether (sulfide) groups is 1. The molecule has 1 aromatic heterocycles. The molecule has 2 heterocycles. The van der Waals surface area contributed by atoms with Crippen molar-refractivity contribution in [3.05, 3.63) is 68.6 Å². The fourth-order valence-electron chi connectivity index (χ4n) is 3.53. The van der Waals surface area contributed by atoms with Crippen molar-refractivity contribution in [2.45, 2.75) is 52.6 Å². The van der Waals surface area contributed by atoms with Gasteiger partial charge in [-0.25, -0.2) is 0 Å². The van der Waals surface area contributed by atoms with Crippen LogP contribution in [0.1, 0.15) is 53.5 Å². The molecular weight excluding hydrogens is 398 g/mol. The summed E-state index contributed by atoms with van der Waals surface area (Å²) in [5.41, 5.74) is 3.71. The summed E-state index contributed by atoms with van der Waals surface area (Å²) in [7, 11) is 0. The van der Waals surface area contributed by atoms with Crippen LogP contribution in [-0.2, 0) is 16.8 Å². The van der Waals surface area contributed by atoms with Crippen LogP contribution in [0.25, 0.3) is 0 Å². The molecule has 2 aromatic rings. The lowest BCUT2D eigenvalue weighted by Crippen LogP contribution is -2.47. The number of nitrogens with zero attached hydrogens (tertiary/aromatic N) is 1. The summed E-state index contributed by atoms with van der Waals surface area (Å²) >= 11 is 1.56. The number of nitrogens with one attached hydrogen (secondary N) is 2. The average Bonchev–Trinajstić information content (AvgIpc) is 3.15. The molecule has 1 aliphatic rings. The Morgan fingerprint density at radius 1 is 1.20 bits per heavy atom. The van der Waals surface area contributed by atoms with E-state index in [1.54, 1.807) is 16.7 Å². The van der Waals surface area contributed by atoms with E-state index in [2.05, 4.69) is 31.1 Å². The first-order valence-electron chi connectivity index (χ1n) is 10.0. The second-order valence-corrected chi connectivity index (χ2v) is 9.78. The van der Waals surface area contributed by atoms with E-state index < -0.39 is 6.04 Å². The van der Waals surface area contributed by atoms with Gasteiger partial charge in [0.05, 0.1) is 5.88 Å². The van der Waals surface area contributed by atoms with Gasteiger partial charge in [0.2, 0.25) is 5.91 Å². The Morgan fingerprint density at radius 3 is 2.47 bits per heavy atom. The molecule has 1 fully saturated rings. The predicted molar refractivity (Wildman–Crippen MR) is 121 cm³/mol. The van der Waals surface area contributed by atoms with Crippen molar-refractivity contribution in [2.24, 2.45) is 0 Å². The molecule has 6 nitrogen and oxygen atoms in total. The lowest BCUT2D eigenvalue weighted by molar-refractivity contribution is -0.124. The maximum absolute atomic E-state index is 13.0. The largest absolute Gasteiger partial charge is 0.350 e. The summed E-state index contributed by atoms with van der Waals surface area (Å²) in [4.78, 5) is 42.4. The first-order chi connectivity index (χ1) is 14.1. The van der Waals surface area contributed by atoms with Gasteiger partial charge in [-0.3, -0.25) is 14.4 Å². The zero-order chi connectivity index (χ0) is 22.1. The molecule has 0 spiro atoms. The first kappa shape index (κ1) is 22.2. The van der Waals surface area contributed by atoms with Gasteiger partial charge in [-0.1, -0.05) is 32.9 Å². The van der Waals surface area contributed by atoms with Gasteiger partial charge in [-0.2, -0.15) is 0 Å². The molecular formula is C23H29N3O3S. The van der Waals surface area contributed by atoms with Crippen LogP contribution < -0.4 is 10.9 Å². The van der Waals surface area contributed by atoms with Gasteiger partial charge in [-0.15, -0.1) is 11.8 Å². The van der Waals surface area contributed by atoms with Crippen molar-refractivity contribution in [3.8, 4) is 0 Å². The molecule has 1 saturated heterocycles. The number of H-pyrrole nitrogens is 1. The number of amides is 2. The number of hydrogen-bond acceptors (Lipinski definition) is 4. The highest BCUT2D eigenvalue weighted by Gasteiger charge is 2.35. The van der Waals surface area contributed by atoms with E-state index in [1.165, 1.54) is 0 Å². The fraction of sp³-hybridized carbons (Fsp3) is 0.435. The van der Waals surface area contributed by atoms with E-state index in [9.17, 15) is 14.4 Å². The van der Waals surface area contributed by atoms with Gasteiger partial charge in [0.1, 0.15) is 6.04 Å². The van der Waals surface area contributed by atoms with Crippen LogP contribution in [0.4, 0.5) is 0 Å². The molecule has 0 radical (unpaired) electrons. The highest BCUT2D eigenvalue weighted by molar-refractivity contribution is 7.99. The van der Waals surface area contributed by atoms with E-state index in [0.717, 1.165) is 16.8 Å². The molecule has 1 aliphatic heterocycles. The number of pyridine rings is 1. The Balaban J connectivity index is 1.70. The van der Waals surface area contributed by atoms with Crippen molar-refractivity contribution in [1.29, 1.82) is 0 Å². The molecule has 30 heavy (non-hydrogen) atoms. The molecule has 0 bridgehead atoms. The van der Waals surface area contributed by atoms with Gasteiger partial charge in [0.15, 0.2) is 0 Å². The minimum Gasteiger partial charge on any atom is -0.350 e. The second-order valence-electron chi connectivity index (χ2n) is 8.78. The third-order valence-electron chi connectivity index (χ3n) is 5.38. The number of carbonyl (C=O) groups is 2. The monoisotopic (exact) mass is 427 g/mol. The van der Waals surface area contributed by atoms with Crippen LogP contribution in [0.3, 0.4) is 0 Å². The summed E-state index contributed by atoms with van der Waals surface area (Å²) < 4.78 is 0. The number of aryl methyl sites for hydroxylation is 2. The van der Waals surface area contributed by atoms with Crippen molar-refractivity contribution in [3.63, 3.8) is 0 Å². The Morgan fingerprint density at radius 2 is 1.87 bits per heavy atom. The van der Waals surface area contributed by atoms with Gasteiger partial charge >= 0.3 is 0 Å². The molecule has 160 valence electrons. The first-order valence-corrected chi connectivity index (χ1v) is 11.2. The van der Waals surface area contributed by atoms with Crippen LogP contribution in [0.5, 0.6) is 0 Å². The van der Waals surface area contributed by atoms with Crippen LogP contribution >= 0.6 is 11.8 Å². The van der Waals surface area contributed by atoms with Crippen molar-refractivity contribution >= 4 is 23.6 Å². The molecule has 2 N–H and O–H groups in total. The smallest absolute Gasteiger partial charge is 0.255 e. The number of aromatic nitrogens is 1. The quantitative estimate of drug-likeness (QED) is 0.785.